The van der Waals surface area contributed by atoms with Crippen molar-refractivity contribution < 1.29 is 28.9 Å². The zero-order valence-electron chi connectivity index (χ0n) is 15.1. The van der Waals surface area contributed by atoms with Gasteiger partial charge in [-0.3, -0.25) is 9.59 Å². The van der Waals surface area contributed by atoms with E-state index in [4.69, 9.17) is 14.2 Å². The van der Waals surface area contributed by atoms with Crippen molar-refractivity contribution in [1.82, 2.24) is 10.7 Å². The number of nitrogens with one attached hydrogen (secondary N) is 2. The molecule has 2 aromatic rings. The van der Waals surface area contributed by atoms with Crippen LogP contribution in [0.3, 0.4) is 0 Å². The number of rotatable bonds is 6. The summed E-state index contributed by atoms with van der Waals surface area (Å²) < 4.78 is 15.7. The first-order valence-electron chi connectivity index (χ1n) is 8.52. The number of ether oxygens (including phenoxy) is 3. The maximum atomic E-state index is 11.9. The Morgan fingerprint density at radius 3 is 2.82 bits per heavy atom. The van der Waals surface area contributed by atoms with Crippen LogP contribution >= 0.6 is 0 Å². The molecule has 0 aliphatic carbocycles. The number of carbonyl (C=O) groups excluding carboxylic acids is 2. The number of hydrazone groups is 1. The number of aromatic hydroxyl groups is 1. The third-order valence-corrected chi connectivity index (χ3v) is 3.76. The maximum absolute atomic E-state index is 11.9. The summed E-state index contributed by atoms with van der Waals surface area (Å²) in [6, 6.07) is 9.85. The molecule has 2 aromatic carbocycles. The second kappa shape index (κ2) is 8.76. The van der Waals surface area contributed by atoms with Crippen LogP contribution < -0.4 is 25.0 Å². The summed E-state index contributed by atoms with van der Waals surface area (Å²) in [5.41, 5.74) is 3.50. The van der Waals surface area contributed by atoms with Crippen LogP contribution in [0, 0.1) is 0 Å². The van der Waals surface area contributed by atoms with E-state index in [0.717, 1.165) is 5.56 Å². The molecule has 2 amide bonds. The van der Waals surface area contributed by atoms with Gasteiger partial charge in [0.1, 0.15) is 0 Å². The van der Waals surface area contributed by atoms with Crippen LogP contribution in [0.1, 0.15) is 18.1 Å². The molecule has 1 heterocycles. The van der Waals surface area contributed by atoms with Crippen molar-refractivity contribution in [2.24, 2.45) is 5.10 Å². The lowest BCUT2D eigenvalue weighted by Gasteiger charge is -2.06. The van der Waals surface area contributed by atoms with Crippen LogP contribution in [0.2, 0.25) is 0 Å². The Hall–Kier alpha value is -3.75. The number of hydrogen-bond donors (Lipinski definition) is 3. The summed E-state index contributed by atoms with van der Waals surface area (Å²) in [6.07, 6.45) is 1.34. The molecule has 0 spiro atoms. The van der Waals surface area contributed by atoms with E-state index < -0.39 is 11.8 Å². The van der Waals surface area contributed by atoms with Crippen LogP contribution in [0.4, 0.5) is 0 Å². The van der Waals surface area contributed by atoms with E-state index in [2.05, 4.69) is 15.8 Å². The molecule has 0 fully saturated rings. The third-order valence-electron chi connectivity index (χ3n) is 3.76. The van der Waals surface area contributed by atoms with Crippen LogP contribution in [0.15, 0.2) is 41.5 Å². The SMILES string of the molecule is CCOc1cc(/C=N\NC(=O)C(=O)NCc2ccc3c(c2)OCO3)ccc1O. The van der Waals surface area contributed by atoms with Crippen LogP contribution in [-0.2, 0) is 16.1 Å². The second-order valence-electron chi connectivity index (χ2n) is 5.73. The van der Waals surface area contributed by atoms with E-state index in [0.29, 0.717) is 29.4 Å². The predicted molar refractivity (Wildman–Crippen MR) is 99.4 cm³/mol. The fourth-order valence-electron chi connectivity index (χ4n) is 2.41. The molecule has 0 aromatic heterocycles. The summed E-state index contributed by atoms with van der Waals surface area (Å²) in [6.45, 7) is 2.51. The molecule has 0 unspecified atom stereocenters. The first-order valence-corrected chi connectivity index (χ1v) is 8.52. The number of amides is 2. The normalized spacial score (nSPS) is 12.0. The average Bonchev–Trinajstić information content (AvgIpc) is 3.16. The van der Waals surface area contributed by atoms with Crippen LogP contribution in [0.5, 0.6) is 23.0 Å². The van der Waals surface area contributed by atoms with Gasteiger partial charge in [0.05, 0.1) is 12.8 Å². The number of phenolic OH excluding ortho intramolecular Hbond substituents is 1. The van der Waals surface area contributed by atoms with Gasteiger partial charge >= 0.3 is 11.8 Å². The van der Waals surface area contributed by atoms with Crippen LogP contribution in [0.25, 0.3) is 0 Å². The monoisotopic (exact) mass is 385 g/mol. The molecular formula is C19H19N3O6. The molecule has 28 heavy (non-hydrogen) atoms. The Bertz CT molecular complexity index is 913. The molecule has 1 aliphatic rings. The van der Waals surface area contributed by atoms with Crippen molar-refractivity contribution in [3.63, 3.8) is 0 Å². The summed E-state index contributed by atoms with van der Waals surface area (Å²) in [4.78, 5) is 23.7. The van der Waals surface area contributed by atoms with Gasteiger partial charge in [-0.2, -0.15) is 5.10 Å². The molecule has 0 bridgehead atoms. The molecular weight excluding hydrogens is 366 g/mol. The standard InChI is InChI=1S/C19H19N3O6/c1-2-26-16-7-13(3-5-14(16)23)10-21-22-19(25)18(24)20-9-12-4-6-15-17(8-12)28-11-27-15/h3-8,10,23H,2,9,11H2,1H3,(H,20,24)(H,22,25)/b21-10-. The first kappa shape index (κ1) is 19.0. The van der Waals surface area contributed by atoms with Gasteiger partial charge < -0.3 is 24.6 Å². The van der Waals surface area contributed by atoms with Gasteiger partial charge in [-0.05, 0) is 48.4 Å². The van der Waals surface area contributed by atoms with Crippen molar-refractivity contribution >= 4 is 18.0 Å². The lowest BCUT2D eigenvalue weighted by Crippen LogP contribution is -2.37. The quantitative estimate of drug-likeness (QED) is 0.392. The lowest BCUT2D eigenvalue weighted by atomic mass is 10.2. The number of benzene rings is 2. The summed E-state index contributed by atoms with van der Waals surface area (Å²) in [5, 5.41) is 15.9. The van der Waals surface area contributed by atoms with E-state index in [1.54, 1.807) is 37.3 Å². The number of nitrogens with zero attached hydrogens (tertiary/aromatic N) is 1. The van der Waals surface area contributed by atoms with E-state index in [9.17, 15) is 14.7 Å². The molecule has 0 atom stereocenters. The fraction of sp³-hybridized carbons (Fsp3) is 0.211. The molecule has 0 saturated carbocycles. The summed E-state index contributed by atoms with van der Waals surface area (Å²) in [7, 11) is 0. The predicted octanol–water partition coefficient (Wildman–Crippen LogP) is 1.29. The zero-order valence-corrected chi connectivity index (χ0v) is 15.1. The Balaban J connectivity index is 1.49. The zero-order chi connectivity index (χ0) is 19.9. The van der Waals surface area contributed by atoms with Gasteiger partial charge in [0, 0.05) is 6.54 Å². The molecule has 9 nitrogen and oxygen atoms in total. The Morgan fingerprint density at radius 1 is 1.18 bits per heavy atom. The highest BCUT2D eigenvalue weighted by molar-refractivity contribution is 6.35. The number of phenols is 1. The van der Waals surface area contributed by atoms with E-state index in [1.807, 2.05) is 0 Å². The Morgan fingerprint density at radius 2 is 2.00 bits per heavy atom. The highest BCUT2D eigenvalue weighted by Crippen LogP contribution is 2.32. The van der Waals surface area contributed by atoms with Crippen molar-refractivity contribution in [2.45, 2.75) is 13.5 Å². The molecule has 3 N–H and O–H groups in total. The minimum Gasteiger partial charge on any atom is -0.504 e. The molecule has 0 radical (unpaired) electrons. The number of carbonyl (C=O) groups is 2. The van der Waals surface area contributed by atoms with Gasteiger partial charge in [0.25, 0.3) is 0 Å². The van der Waals surface area contributed by atoms with E-state index in [1.165, 1.54) is 12.3 Å². The van der Waals surface area contributed by atoms with Gasteiger partial charge in [-0.25, -0.2) is 5.43 Å². The summed E-state index contributed by atoms with van der Waals surface area (Å²) in [5.74, 6) is -0.175. The average molecular weight is 385 g/mol. The minimum absolute atomic E-state index is 0.00549. The molecule has 1 aliphatic heterocycles. The first-order chi connectivity index (χ1) is 13.6. The third kappa shape index (κ3) is 4.70. The fourth-order valence-corrected chi connectivity index (χ4v) is 2.41. The largest absolute Gasteiger partial charge is 0.504 e. The smallest absolute Gasteiger partial charge is 0.329 e. The number of fused-ring (bicyclic) bond motifs is 1. The highest BCUT2D eigenvalue weighted by atomic mass is 16.7. The highest BCUT2D eigenvalue weighted by Gasteiger charge is 2.15. The van der Waals surface area contributed by atoms with Crippen molar-refractivity contribution in [3.05, 3.63) is 47.5 Å². The van der Waals surface area contributed by atoms with Crippen molar-refractivity contribution in [2.75, 3.05) is 13.4 Å². The van der Waals surface area contributed by atoms with Crippen LogP contribution in [-0.4, -0.2) is 36.5 Å². The second-order valence-corrected chi connectivity index (χ2v) is 5.73. The van der Waals surface area contributed by atoms with Gasteiger partial charge in [0.2, 0.25) is 6.79 Å². The topological polar surface area (TPSA) is 118 Å². The lowest BCUT2D eigenvalue weighted by molar-refractivity contribution is -0.139. The van der Waals surface area contributed by atoms with Gasteiger partial charge in [-0.1, -0.05) is 6.07 Å². The molecule has 0 saturated heterocycles. The maximum Gasteiger partial charge on any atom is 0.329 e. The number of hydrogen-bond acceptors (Lipinski definition) is 7. The molecule has 9 heteroatoms. The van der Waals surface area contributed by atoms with Crippen molar-refractivity contribution in [3.8, 4) is 23.0 Å². The Kier molecular flexibility index (Phi) is 5.95. The van der Waals surface area contributed by atoms with Gasteiger partial charge in [0.15, 0.2) is 23.0 Å². The Labute approximate surface area is 160 Å². The van der Waals surface area contributed by atoms with E-state index >= 15 is 0 Å². The van der Waals surface area contributed by atoms with Crippen molar-refractivity contribution in [1.29, 1.82) is 0 Å². The van der Waals surface area contributed by atoms with Gasteiger partial charge in [-0.15, -0.1) is 0 Å². The van der Waals surface area contributed by atoms with E-state index in [-0.39, 0.29) is 19.1 Å². The minimum atomic E-state index is -0.902. The molecule has 3 rings (SSSR count). The summed E-state index contributed by atoms with van der Waals surface area (Å²) >= 11 is 0. The molecule has 146 valence electrons.